The lowest BCUT2D eigenvalue weighted by Crippen LogP contribution is -2.28. The summed E-state index contributed by atoms with van der Waals surface area (Å²) in [6.45, 7) is 1.86. The van der Waals surface area contributed by atoms with Gasteiger partial charge >= 0.3 is 5.69 Å². The molecule has 0 aliphatic carbocycles. The summed E-state index contributed by atoms with van der Waals surface area (Å²) in [6.07, 6.45) is 2.25. The maximum atomic E-state index is 12.5. The van der Waals surface area contributed by atoms with E-state index in [0.29, 0.717) is 5.65 Å². The maximum absolute atomic E-state index is 12.5. The molecule has 0 fully saturated rings. The number of nitrogens with one attached hydrogen (secondary N) is 1. The largest absolute Gasteiger partial charge is 0.352 e. The molecular weight excluding hydrogens is 330 g/mol. The van der Waals surface area contributed by atoms with Crippen molar-refractivity contribution in [2.75, 3.05) is 5.32 Å². The third kappa shape index (κ3) is 2.73. The highest BCUT2D eigenvalue weighted by atomic mass is 16.2. The highest BCUT2D eigenvalue weighted by molar-refractivity contribution is 5.92. The Morgan fingerprint density at radius 3 is 2.73 bits per heavy atom. The average molecular weight is 347 g/mol. The second-order valence-corrected chi connectivity index (χ2v) is 5.95. The molecule has 0 saturated carbocycles. The van der Waals surface area contributed by atoms with Gasteiger partial charge in [-0.3, -0.25) is 4.79 Å². The Morgan fingerprint density at radius 1 is 1.12 bits per heavy atom. The van der Waals surface area contributed by atoms with Crippen molar-refractivity contribution in [3.8, 4) is 0 Å². The number of hydrogen-bond acceptors (Lipinski definition) is 4. The molecule has 0 aliphatic rings. The molecular formula is C19H17N5O2. The lowest BCUT2D eigenvalue weighted by atomic mass is 10.1. The third-order valence-corrected chi connectivity index (χ3v) is 4.29. The van der Waals surface area contributed by atoms with Crippen molar-refractivity contribution < 1.29 is 4.79 Å². The minimum Gasteiger partial charge on any atom is -0.324 e. The lowest BCUT2D eigenvalue weighted by Gasteiger charge is -2.09. The van der Waals surface area contributed by atoms with Crippen LogP contribution in [0.1, 0.15) is 12.5 Å². The molecule has 7 nitrogen and oxygen atoms in total. The number of amides is 1. The molecule has 0 unspecified atom stereocenters. The fraction of sp³-hybridized carbons (Fsp3) is 0.158. The van der Waals surface area contributed by atoms with Gasteiger partial charge in [0.15, 0.2) is 5.65 Å². The molecule has 2 heterocycles. The Hall–Kier alpha value is -3.48. The van der Waals surface area contributed by atoms with Gasteiger partial charge in [0, 0.05) is 11.1 Å². The zero-order valence-corrected chi connectivity index (χ0v) is 14.2. The van der Waals surface area contributed by atoms with Crippen LogP contribution in [0.3, 0.4) is 0 Å². The third-order valence-electron chi connectivity index (χ3n) is 4.29. The summed E-state index contributed by atoms with van der Waals surface area (Å²) >= 11 is 0. The first-order chi connectivity index (χ1) is 12.7. The summed E-state index contributed by atoms with van der Waals surface area (Å²) in [5, 5.41) is 7.95. The van der Waals surface area contributed by atoms with Gasteiger partial charge in [0.1, 0.15) is 12.9 Å². The summed E-state index contributed by atoms with van der Waals surface area (Å²) in [7, 11) is 0. The Kier molecular flexibility index (Phi) is 3.96. The van der Waals surface area contributed by atoms with E-state index in [1.807, 2.05) is 55.5 Å². The van der Waals surface area contributed by atoms with E-state index in [-0.39, 0.29) is 12.5 Å². The zero-order valence-electron chi connectivity index (χ0n) is 14.2. The SMILES string of the molecule is CCc1ccccc1NC(=O)Cn1nc2c3ccccc3ncn2c1=O. The van der Waals surface area contributed by atoms with E-state index in [9.17, 15) is 9.59 Å². The molecule has 130 valence electrons. The van der Waals surface area contributed by atoms with Crippen molar-refractivity contribution in [3.63, 3.8) is 0 Å². The number of rotatable bonds is 4. The standard InChI is InChI=1S/C19H17N5O2/c1-2-13-7-3-5-9-15(13)21-17(25)11-24-19(26)23-12-20-16-10-6-4-8-14(16)18(23)22-24/h3-10,12H,2,11H2,1H3,(H,21,25). The van der Waals surface area contributed by atoms with Crippen molar-refractivity contribution >= 4 is 28.1 Å². The van der Waals surface area contributed by atoms with Crippen LogP contribution in [-0.4, -0.2) is 25.1 Å². The van der Waals surface area contributed by atoms with Crippen LogP contribution in [0.15, 0.2) is 59.7 Å². The molecule has 0 spiro atoms. The predicted octanol–water partition coefficient (Wildman–Crippen LogP) is 2.25. The van der Waals surface area contributed by atoms with Crippen molar-refractivity contribution in [2.24, 2.45) is 0 Å². The Balaban J connectivity index is 1.67. The van der Waals surface area contributed by atoms with E-state index in [1.54, 1.807) is 0 Å². The van der Waals surface area contributed by atoms with Crippen LogP contribution in [0, 0.1) is 0 Å². The predicted molar refractivity (Wildman–Crippen MR) is 99.2 cm³/mol. The van der Waals surface area contributed by atoms with Crippen molar-refractivity contribution in [2.45, 2.75) is 19.9 Å². The van der Waals surface area contributed by atoms with Gasteiger partial charge in [-0.2, -0.15) is 0 Å². The van der Waals surface area contributed by atoms with E-state index in [1.165, 1.54) is 10.7 Å². The number of benzene rings is 2. The van der Waals surface area contributed by atoms with Crippen molar-refractivity contribution in [3.05, 3.63) is 70.9 Å². The van der Waals surface area contributed by atoms with E-state index >= 15 is 0 Å². The quantitative estimate of drug-likeness (QED) is 0.614. The normalized spacial score (nSPS) is 11.1. The molecule has 0 saturated heterocycles. The molecule has 1 N–H and O–H groups in total. The summed E-state index contributed by atoms with van der Waals surface area (Å²) < 4.78 is 2.52. The number of anilines is 1. The van der Waals surface area contributed by atoms with Crippen LogP contribution in [0.5, 0.6) is 0 Å². The van der Waals surface area contributed by atoms with Crippen LogP contribution in [0.25, 0.3) is 16.6 Å². The maximum Gasteiger partial charge on any atom is 0.352 e. The van der Waals surface area contributed by atoms with E-state index in [2.05, 4.69) is 15.4 Å². The van der Waals surface area contributed by atoms with Gasteiger partial charge in [-0.1, -0.05) is 37.3 Å². The topological polar surface area (TPSA) is 81.3 Å². The first-order valence-corrected chi connectivity index (χ1v) is 8.38. The molecule has 0 bridgehead atoms. The Labute approximate surface area is 148 Å². The molecule has 1 amide bonds. The van der Waals surface area contributed by atoms with Gasteiger partial charge in [0.25, 0.3) is 0 Å². The van der Waals surface area contributed by atoms with Crippen LogP contribution < -0.4 is 11.0 Å². The molecule has 2 aromatic heterocycles. The summed E-state index contributed by atoms with van der Waals surface area (Å²) in [5.74, 6) is -0.298. The number of aromatic nitrogens is 4. The number of carbonyl (C=O) groups excluding carboxylic acids is 1. The molecule has 2 aromatic carbocycles. The van der Waals surface area contributed by atoms with E-state index in [4.69, 9.17) is 0 Å². The number of carbonyl (C=O) groups is 1. The lowest BCUT2D eigenvalue weighted by molar-refractivity contribution is -0.117. The molecule has 7 heteroatoms. The first-order valence-electron chi connectivity index (χ1n) is 8.38. The summed E-state index contributed by atoms with van der Waals surface area (Å²) in [5.41, 5.74) is 2.64. The number of aryl methyl sites for hydroxylation is 1. The van der Waals surface area contributed by atoms with Gasteiger partial charge in [-0.05, 0) is 30.2 Å². The van der Waals surface area contributed by atoms with Crippen molar-refractivity contribution in [1.82, 2.24) is 19.2 Å². The molecule has 0 aliphatic heterocycles. The van der Waals surface area contributed by atoms with E-state index in [0.717, 1.165) is 33.3 Å². The van der Waals surface area contributed by atoms with Gasteiger partial charge in [-0.25, -0.2) is 18.9 Å². The van der Waals surface area contributed by atoms with Crippen molar-refractivity contribution in [1.29, 1.82) is 0 Å². The molecule has 26 heavy (non-hydrogen) atoms. The summed E-state index contributed by atoms with van der Waals surface area (Å²) in [6, 6.07) is 15.1. The average Bonchev–Trinajstić information content (AvgIpc) is 2.98. The second-order valence-electron chi connectivity index (χ2n) is 5.95. The number of nitrogens with zero attached hydrogens (tertiary/aromatic N) is 4. The number of hydrogen-bond donors (Lipinski definition) is 1. The molecule has 0 radical (unpaired) electrons. The van der Waals surface area contributed by atoms with Gasteiger partial charge in [0.05, 0.1) is 5.52 Å². The van der Waals surface area contributed by atoms with Gasteiger partial charge < -0.3 is 5.32 Å². The van der Waals surface area contributed by atoms with Crippen LogP contribution in [0.2, 0.25) is 0 Å². The zero-order chi connectivity index (χ0) is 18.1. The van der Waals surface area contributed by atoms with Crippen LogP contribution in [0.4, 0.5) is 5.69 Å². The first kappa shape index (κ1) is 16.0. The highest BCUT2D eigenvalue weighted by Crippen LogP contribution is 2.16. The second kappa shape index (κ2) is 6.44. The highest BCUT2D eigenvalue weighted by Gasteiger charge is 2.14. The minimum atomic E-state index is -0.392. The smallest absolute Gasteiger partial charge is 0.324 e. The Bertz CT molecular complexity index is 1180. The van der Waals surface area contributed by atoms with Crippen LogP contribution in [-0.2, 0) is 17.8 Å². The number of fused-ring (bicyclic) bond motifs is 3. The molecule has 4 rings (SSSR count). The monoisotopic (exact) mass is 347 g/mol. The van der Waals surface area contributed by atoms with Gasteiger partial charge in [0.2, 0.25) is 5.91 Å². The Morgan fingerprint density at radius 2 is 1.88 bits per heavy atom. The summed E-state index contributed by atoms with van der Waals surface area (Å²) in [4.78, 5) is 29.2. The molecule has 0 atom stereocenters. The van der Waals surface area contributed by atoms with E-state index < -0.39 is 5.69 Å². The molecule has 4 aromatic rings. The van der Waals surface area contributed by atoms with Crippen LogP contribution >= 0.6 is 0 Å². The fourth-order valence-electron chi connectivity index (χ4n) is 2.98. The minimum absolute atomic E-state index is 0.160. The fourth-order valence-corrected chi connectivity index (χ4v) is 2.98. The number of para-hydroxylation sites is 2. The van der Waals surface area contributed by atoms with Gasteiger partial charge in [-0.15, -0.1) is 5.10 Å².